The van der Waals surface area contributed by atoms with Crippen LogP contribution < -0.4 is 0 Å². The lowest BCUT2D eigenvalue weighted by molar-refractivity contribution is 0.0221. The molecule has 0 aromatic carbocycles. The van der Waals surface area contributed by atoms with Gasteiger partial charge in [0.15, 0.2) is 0 Å². The number of carbonyl (C=O) groups is 2. The molecule has 1 amide bonds. The zero-order chi connectivity index (χ0) is 19.2. The van der Waals surface area contributed by atoms with Crippen molar-refractivity contribution >= 4 is 12.1 Å². The number of carbonyl (C=O) groups excluding carboxylic acids is 2. The maximum atomic E-state index is 12.2. The normalized spacial score (nSPS) is 14.5. The minimum atomic E-state index is -0.545. The lowest BCUT2D eigenvalue weighted by atomic mass is 10.0. The summed E-state index contributed by atoms with van der Waals surface area (Å²) in [5.41, 5.74) is 1.45. The second-order valence-corrected chi connectivity index (χ2v) is 7.01. The van der Waals surface area contributed by atoms with Crippen LogP contribution in [0.5, 0.6) is 0 Å². The first-order chi connectivity index (χ1) is 12.3. The van der Waals surface area contributed by atoms with Crippen molar-refractivity contribution in [2.75, 3.05) is 13.2 Å². The van der Waals surface area contributed by atoms with Crippen LogP contribution in [0, 0.1) is 0 Å². The second-order valence-electron chi connectivity index (χ2n) is 7.01. The molecule has 0 saturated carbocycles. The van der Waals surface area contributed by atoms with Crippen molar-refractivity contribution in [1.82, 2.24) is 9.88 Å². The highest BCUT2D eigenvalue weighted by molar-refractivity contribution is 5.87. The van der Waals surface area contributed by atoms with Crippen LogP contribution in [0.15, 0.2) is 36.4 Å². The molecule has 0 spiro atoms. The standard InChI is InChI=1S/C20H26N2O4/c1-5-6-7-8-13-25-18(23)16-10-9-15-11-12-22(14-17(15)21-16)19(24)26-20(2,3)4/h5-10H,11-14H2,1-4H3/b6-5+,8-7+. The van der Waals surface area contributed by atoms with Gasteiger partial charge in [0.1, 0.15) is 17.9 Å². The minimum absolute atomic E-state index is 0.186. The summed E-state index contributed by atoms with van der Waals surface area (Å²) in [6.07, 6.45) is 7.62. The smallest absolute Gasteiger partial charge is 0.410 e. The molecule has 1 aliphatic rings. The Morgan fingerprint density at radius 1 is 1.27 bits per heavy atom. The molecule has 140 valence electrons. The van der Waals surface area contributed by atoms with E-state index in [2.05, 4.69) is 4.98 Å². The van der Waals surface area contributed by atoms with Gasteiger partial charge in [-0.25, -0.2) is 14.6 Å². The first-order valence-corrected chi connectivity index (χ1v) is 8.72. The van der Waals surface area contributed by atoms with Crippen LogP contribution in [0.1, 0.15) is 49.4 Å². The first kappa shape index (κ1) is 19.7. The molecule has 0 fully saturated rings. The summed E-state index contributed by atoms with van der Waals surface area (Å²) in [6.45, 7) is 8.50. The Balaban J connectivity index is 2.02. The molecule has 1 aromatic heterocycles. The molecule has 0 atom stereocenters. The number of amides is 1. The maximum absolute atomic E-state index is 12.2. The van der Waals surface area contributed by atoms with Gasteiger partial charge in [-0.1, -0.05) is 24.3 Å². The van der Waals surface area contributed by atoms with Crippen molar-refractivity contribution in [2.24, 2.45) is 0 Å². The number of aromatic nitrogens is 1. The van der Waals surface area contributed by atoms with Crippen LogP contribution in [0.4, 0.5) is 4.79 Å². The van der Waals surface area contributed by atoms with E-state index >= 15 is 0 Å². The zero-order valence-corrected chi connectivity index (χ0v) is 15.8. The second kappa shape index (κ2) is 8.65. The lowest BCUT2D eigenvalue weighted by Gasteiger charge is -2.30. The predicted molar refractivity (Wildman–Crippen MR) is 98.8 cm³/mol. The molecule has 2 rings (SSSR count). The van der Waals surface area contributed by atoms with E-state index in [4.69, 9.17) is 9.47 Å². The molecule has 0 unspecified atom stereocenters. The summed E-state index contributed by atoms with van der Waals surface area (Å²) in [6, 6.07) is 3.54. The van der Waals surface area contributed by atoms with E-state index in [0.29, 0.717) is 25.2 Å². The van der Waals surface area contributed by atoms with Gasteiger partial charge in [-0.05, 0) is 51.8 Å². The molecular weight excluding hydrogens is 332 g/mol. The minimum Gasteiger partial charge on any atom is -0.457 e. The fourth-order valence-corrected chi connectivity index (χ4v) is 2.45. The highest BCUT2D eigenvalue weighted by Gasteiger charge is 2.27. The molecule has 0 N–H and O–H groups in total. The van der Waals surface area contributed by atoms with E-state index in [0.717, 1.165) is 5.56 Å². The van der Waals surface area contributed by atoms with E-state index < -0.39 is 11.6 Å². The van der Waals surface area contributed by atoms with Crippen LogP contribution in [0.25, 0.3) is 0 Å². The Labute approximate surface area is 154 Å². The summed E-state index contributed by atoms with van der Waals surface area (Å²) in [4.78, 5) is 30.4. The average Bonchev–Trinajstić information content (AvgIpc) is 2.59. The van der Waals surface area contributed by atoms with Crippen LogP contribution in [0.2, 0.25) is 0 Å². The molecule has 6 heteroatoms. The quantitative estimate of drug-likeness (QED) is 0.607. The number of rotatable bonds is 4. The number of esters is 1. The van der Waals surface area contributed by atoms with E-state index in [9.17, 15) is 9.59 Å². The number of pyridine rings is 1. The van der Waals surface area contributed by atoms with E-state index in [1.165, 1.54) is 0 Å². The fraction of sp³-hybridized carbons (Fsp3) is 0.450. The van der Waals surface area contributed by atoms with Gasteiger partial charge in [-0.15, -0.1) is 0 Å². The number of hydrogen-bond donors (Lipinski definition) is 0. The van der Waals surface area contributed by atoms with Gasteiger partial charge in [0.2, 0.25) is 0 Å². The highest BCUT2D eigenvalue weighted by atomic mass is 16.6. The third-order valence-electron chi connectivity index (χ3n) is 3.67. The Bertz CT molecular complexity index is 717. The molecule has 1 aliphatic heterocycles. The summed E-state index contributed by atoms with van der Waals surface area (Å²) in [5.74, 6) is -0.479. The molecule has 0 aliphatic carbocycles. The first-order valence-electron chi connectivity index (χ1n) is 8.72. The number of fused-ring (bicyclic) bond motifs is 1. The largest absolute Gasteiger partial charge is 0.457 e. The molecular formula is C20H26N2O4. The SMILES string of the molecule is C/C=C/C=C/COC(=O)c1ccc2c(n1)CN(C(=O)OC(C)(C)C)CC2. The summed E-state index contributed by atoms with van der Waals surface area (Å²) in [7, 11) is 0. The monoisotopic (exact) mass is 358 g/mol. The van der Waals surface area contributed by atoms with Gasteiger partial charge in [-0.2, -0.15) is 0 Å². The highest BCUT2D eigenvalue weighted by Crippen LogP contribution is 2.20. The van der Waals surface area contributed by atoms with Crippen molar-refractivity contribution in [3.05, 3.63) is 53.4 Å². The fourth-order valence-electron chi connectivity index (χ4n) is 2.45. The van der Waals surface area contributed by atoms with Crippen LogP contribution in [-0.4, -0.2) is 40.7 Å². The van der Waals surface area contributed by atoms with Crippen LogP contribution in [0.3, 0.4) is 0 Å². The van der Waals surface area contributed by atoms with Crippen molar-refractivity contribution in [3.63, 3.8) is 0 Å². The molecule has 0 bridgehead atoms. The Morgan fingerprint density at radius 3 is 2.73 bits per heavy atom. The zero-order valence-electron chi connectivity index (χ0n) is 15.8. The van der Waals surface area contributed by atoms with Crippen molar-refractivity contribution in [1.29, 1.82) is 0 Å². The predicted octanol–water partition coefficient (Wildman–Crippen LogP) is 3.66. The van der Waals surface area contributed by atoms with Gasteiger partial charge in [0.25, 0.3) is 0 Å². The number of nitrogens with zero attached hydrogens (tertiary/aromatic N) is 2. The van der Waals surface area contributed by atoms with Gasteiger partial charge < -0.3 is 14.4 Å². The van der Waals surface area contributed by atoms with E-state index in [1.54, 1.807) is 17.0 Å². The third-order valence-corrected chi connectivity index (χ3v) is 3.67. The third kappa shape index (κ3) is 5.72. The molecule has 0 saturated heterocycles. The summed E-state index contributed by atoms with van der Waals surface area (Å²) in [5, 5.41) is 0. The summed E-state index contributed by atoms with van der Waals surface area (Å²) < 4.78 is 10.6. The number of hydrogen-bond acceptors (Lipinski definition) is 5. The van der Waals surface area contributed by atoms with Crippen LogP contribution >= 0.6 is 0 Å². The Kier molecular flexibility index (Phi) is 6.55. The topological polar surface area (TPSA) is 68.7 Å². The van der Waals surface area contributed by atoms with Crippen molar-refractivity contribution in [2.45, 2.75) is 46.3 Å². The van der Waals surface area contributed by atoms with Crippen molar-refractivity contribution in [3.8, 4) is 0 Å². The lowest BCUT2D eigenvalue weighted by Crippen LogP contribution is -2.40. The Hall–Kier alpha value is -2.63. The van der Waals surface area contributed by atoms with Crippen LogP contribution in [-0.2, 0) is 22.4 Å². The van der Waals surface area contributed by atoms with Gasteiger partial charge >= 0.3 is 12.1 Å². The number of ether oxygens (including phenoxy) is 2. The van der Waals surface area contributed by atoms with E-state index in [1.807, 2.05) is 52.0 Å². The average molecular weight is 358 g/mol. The number of allylic oxidation sites excluding steroid dienone is 3. The van der Waals surface area contributed by atoms with Gasteiger partial charge in [-0.3, -0.25) is 0 Å². The molecule has 0 radical (unpaired) electrons. The van der Waals surface area contributed by atoms with E-state index in [-0.39, 0.29) is 18.4 Å². The van der Waals surface area contributed by atoms with Crippen molar-refractivity contribution < 1.29 is 19.1 Å². The maximum Gasteiger partial charge on any atom is 0.410 e. The molecule has 26 heavy (non-hydrogen) atoms. The molecule has 6 nitrogen and oxygen atoms in total. The summed E-state index contributed by atoms with van der Waals surface area (Å²) >= 11 is 0. The molecule has 1 aromatic rings. The molecule has 2 heterocycles. The van der Waals surface area contributed by atoms with Gasteiger partial charge in [0, 0.05) is 6.54 Å². The van der Waals surface area contributed by atoms with Gasteiger partial charge in [0.05, 0.1) is 12.2 Å². The Morgan fingerprint density at radius 2 is 2.04 bits per heavy atom.